The summed E-state index contributed by atoms with van der Waals surface area (Å²) in [6, 6.07) is 13.0. The van der Waals surface area contributed by atoms with Crippen molar-refractivity contribution in [2.24, 2.45) is 0 Å². The maximum absolute atomic E-state index is 14.3. The molecule has 37 heavy (non-hydrogen) atoms. The van der Waals surface area contributed by atoms with Crippen molar-refractivity contribution in [3.63, 3.8) is 0 Å². The average Bonchev–Trinajstić information content (AvgIpc) is 3.36. The summed E-state index contributed by atoms with van der Waals surface area (Å²) in [5, 5.41) is 3.12. The minimum absolute atomic E-state index is 0.0273. The Balaban J connectivity index is 1.76. The quantitative estimate of drug-likeness (QED) is 0.436. The summed E-state index contributed by atoms with van der Waals surface area (Å²) in [6.45, 7) is 4.10. The van der Waals surface area contributed by atoms with Gasteiger partial charge in [0, 0.05) is 25.6 Å². The highest BCUT2D eigenvalue weighted by molar-refractivity contribution is 7.92. The Bertz CT molecular complexity index is 1160. The first-order valence-electron chi connectivity index (χ1n) is 13.0. The molecular weight excluding hydrogens is 493 g/mol. The van der Waals surface area contributed by atoms with Gasteiger partial charge in [-0.3, -0.25) is 13.9 Å². The third-order valence-corrected chi connectivity index (χ3v) is 8.01. The minimum atomic E-state index is -3.75. The molecule has 0 saturated heterocycles. The summed E-state index contributed by atoms with van der Waals surface area (Å²) >= 11 is 0. The topological polar surface area (TPSA) is 86.8 Å². The van der Waals surface area contributed by atoms with Crippen LogP contribution in [0.5, 0.6) is 0 Å². The normalized spacial score (nSPS) is 14.8. The summed E-state index contributed by atoms with van der Waals surface area (Å²) in [7, 11) is -3.75. The highest BCUT2D eigenvalue weighted by atomic mass is 32.2. The average molecular weight is 532 g/mol. The van der Waals surface area contributed by atoms with E-state index in [4.69, 9.17) is 0 Å². The molecule has 1 aliphatic rings. The van der Waals surface area contributed by atoms with Crippen molar-refractivity contribution in [3.8, 4) is 0 Å². The number of amides is 2. The Morgan fingerprint density at radius 2 is 1.73 bits per heavy atom. The molecule has 0 heterocycles. The molecule has 1 N–H and O–H groups in total. The van der Waals surface area contributed by atoms with Gasteiger partial charge in [0.25, 0.3) is 0 Å². The number of nitrogens with one attached hydrogen (secondary N) is 1. The van der Waals surface area contributed by atoms with E-state index in [1.807, 2.05) is 38.1 Å². The molecule has 1 fully saturated rings. The SMILES string of the molecule is CC[C@H](C(=O)NC1CCCC1)N(Cc1ccc(C)cc1)C(=O)CCCN(c1ccccc1F)S(C)(=O)=O. The van der Waals surface area contributed by atoms with Crippen LogP contribution in [0.1, 0.15) is 63.0 Å². The van der Waals surface area contributed by atoms with Crippen molar-refractivity contribution < 1.29 is 22.4 Å². The number of benzene rings is 2. The van der Waals surface area contributed by atoms with Crippen LogP contribution in [-0.2, 0) is 26.2 Å². The first-order chi connectivity index (χ1) is 17.6. The number of aryl methyl sites for hydroxylation is 1. The molecule has 0 aromatic heterocycles. The van der Waals surface area contributed by atoms with E-state index < -0.39 is 21.9 Å². The largest absolute Gasteiger partial charge is 0.352 e. The smallest absolute Gasteiger partial charge is 0.243 e. The molecule has 1 saturated carbocycles. The lowest BCUT2D eigenvalue weighted by atomic mass is 10.1. The van der Waals surface area contributed by atoms with Crippen LogP contribution in [0, 0.1) is 12.7 Å². The van der Waals surface area contributed by atoms with E-state index in [0.717, 1.165) is 47.4 Å². The lowest BCUT2D eigenvalue weighted by Gasteiger charge is -2.32. The predicted octanol–water partition coefficient (Wildman–Crippen LogP) is 4.55. The minimum Gasteiger partial charge on any atom is -0.352 e. The van der Waals surface area contributed by atoms with Crippen molar-refractivity contribution in [1.82, 2.24) is 10.2 Å². The number of rotatable bonds is 12. The fourth-order valence-electron chi connectivity index (χ4n) is 4.81. The summed E-state index contributed by atoms with van der Waals surface area (Å²) < 4.78 is 40.1. The summed E-state index contributed by atoms with van der Waals surface area (Å²) in [5.41, 5.74) is 1.97. The van der Waals surface area contributed by atoms with Crippen LogP contribution in [0.25, 0.3) is 0 Å². The molecule has 1 atom stereocenters. The van der Waals surface area contributed by atoms with Gasteiger partial charge < -0.3 is 10.2 Å². The van der Waals surface area contributed by atoms with Crippen LogP contribution in [0.3, 0.4) is 0 Å². The van der Waals surface area contributed by atoms with Gasteiger partial charge in [-0.2, -0.15) is 0 Å². The van der Waals surface area contributed by atoms with Crippen molar-refractivity contribution in [1.29, 1.82) is 0 Å². The second-order valence-electron chi connectivity index (χ2n) is 9.81. The number of hydrogen-bond donors (Lipinski definition) is 1. The molecule has 3 rings (SSSR count). The molecule has 0 aliphatic heterocycles. The van der Waals surface area contributed by atoms with E-state index in [1.54, 1.807) is 11.0 Å². The Labute approximate surface area is 220 Å². The van der Waals surface area contributed by atoms with Gasteiger partial charge in [0.2, 0.25) is 21.8 Å². The van der Waals surface area contributed by atoms with Crippen LogP contribution in [-0.4, -0.2) is 50.0 Å². The molecule has 0 spiro atoms. The lowest BCUT2D eigenvalue weighted by Crippen LogP contribution is -2.51. The molecular formula is C28H38FN3O4S. The Hall–Kier alpha value is -2.94. The van der Waals surface area contributed by atoms with E-state index in [2.05, 4.69) is 5.32 Å². The first kappa shape index (κ1) is 28.6. The molecule has 2 amide bonds. The number of anilines is 1. The number of nitrogens with zero attached hydrogens (tertiary/aromatic N) is 2. The molecule has 2 aromatic carbocycles. The van der Waals surface area contributed by atoms with E-state index in [0.29, 0.717) is 6.42 Å². The molecule has 202 valence electrons. The summed E-state index contributed by atoms with van der Waals surface area (Å²) in [5.74, 6) is -1.04. The lowest BCUT2D eigenvalue weighted by molar-refractivity contribution is -0.141. The zero-order valence-corrected chi connectivity index (χ0v) is 22.8. The Morgan fingerprint density at radius 1 is 1.08 bits per heavy atom. The first-order valence-corrected chi connectivity index (χ1v) is 14.8. The summed E-state index contributed by atoms with van der Waals surface area (Å²) in [4.78, 5) is 28.3. The third kappa shape index (κ3) is 8.02. The van der Waals surface area contributed by atoms with Crippen molar-refractivity contribution in [2.75, 3.05) is 17.1 Å². The van der Waals surface area contributed by atoms with Crippen LogP contribution < -0.4 is 9.62 Å². The zero-order valence-electron chi connectivity index (χ0n) is 22.0. The molecule has 0 bridgehead atoms. The Morgan fingerprint density at radius 3 is 2.32 bits per heavy atom. The van der Waals surface area contributed by atoms with E-state index >= 15 is 0 Å². The maximum Gasteiger partial charge on any atom is 0.243 e. The van der Waals surface area contributed by atoms with Crippen LogP contribution in [0.15, 0.2) is 48.5 Å². The van der Waals surface area contributed by atoms with E-state index in [-0.39, 0.29) is 49.5 Å². The molecule has 0 radical (unpaired) electrons. The fourth-order valence-corrected chi connectivity index (χ4v) is 5.78. The van der Waals surface area contributed by atoms with Gasteiger partial charge in [-0.05, 0) is 50.3 Å². The summed E-state index contributed by atoms with van der Waals surface area (Å²) in [6.07, 6.45) is 5.77. The number of carbonyl (C=O) groups is 2. The second kappa shape index (κ2) is 13.0. The van der Waals surface area contributed by atoms with Crippen LogP contribution in [0.4, 0.5) is 10.1 Å². The van der Waals surface area contributed by atoms with Gasteiger partial charge in [-0.15, -0.1) is 0 Å². The van der Waals surface area contributed by atoms with Gasteiger partial charge >= 0.3 is 0 Å². The highest BCUT2D eigenvalue weighted by Gasteiger charge is 2.31. The number of halogens is 1. The zero-order chi connectivity index (χ0) is 27.0. The number of sulfonamides is 1. The van der Waals surface area contributed by atoms with Crippen molar-refractivity contribution >= 4 is 27.5 Å². The van der Waals surface area contributed by atoms with Crippen molar-refractivity contribution in [2.45, 2.75) is 77.4 Å². The molecule has 9 heteroatoms. The fraction of sp³-hybridized carbons (Fsp3) is 0.500. The van der Waals surface area contributed by atoms with Crippen LogP contribution in [0.2, 0.25) is 0 Å². The van der Waals surface area contributed by atoms with Crippen molar-refractivity contribution in [3.05, 3.63) is 65.5 Å². The van der Waals surface area contributed by atoms with Gasteiger partial charge in [-0.1, -0.05) is 61.7 Å². The maximum atomic E-state index is 14.3. The monoisotopic (exact) mass is 531 g/mol. The standard InChI is InChI=1S/C28H38FN3O4S/c1-4-25(28(34)30-23-10-5-6-11-23)31(20-22-17-15-21(2)16-18-22)27(33)14-9-19-32(37(3,35)36)26-13-8-7-12-24(26)29/h7-8,12-13,15-18,23,25H,4-6,9-11,14,19-20H2,1-3H3,(H,30,34)/t25-/m1/s1. The molecule has 1 aliphatic carbocycles. The van der Waals surface area contributed by atoms with Crippen LogP contribution >= 0.6 is 0 Å². The molecule has 2 aromatic rings. The predicted molar refractivity (Wildman–Crippen MR) is 144 cm³/mol. The van der Waals surface area contributed by atoms with Gasteiger partial charge in [0.05, 0.1) is 11.9 Å². The van der Waals surface area contributed by atoms with Gasteiger partial charge in [-0.25, -0.2) is 12.8 Å². The highest BCUT2D eigenvalue weighted by Crippen LogP contribution is 2.23. The third-order valence-electron chi connectivity index (χ3n) is 6.83. The van der Waals surface area contributed by atoms with E-state index in [9.17, 15) is 22.4 Å². The number of carbonyl (C=O) groups excluding carboxylic acids is 2. The number of para-hydroxylation sites is 1. The Kier molecular flexibility index (Phi) is 10.1. The molecule has 7 nitrogen and oxygen atoms in total. The molecule has 0 unspecified atom stereocenters. The second-order valence-corrected chi connectivity index (χ2v) is 11.7. The van der Waals surface area contributed by atoms with Gasteiger partial charge in [0.1, 0.15) is 11.9 Å². The van der Waals surface area contributed by atoms with Gasteiger partial charge in [0.15, 0.2) is 0 Å². The van der Waals surface area contributed by atoms with E-state index in [1.165, 1.54) is 18.2 Å². The number of hydrogen-bond acceptors (Lipinski definition) is 4.